The van der Waals surface area contributed by atoms with E-state index in [0.29, 0.717) is 19.3 Å². The fraction of sp³-hybridized carbons (Fsp3) is 0.900. The first-order chi connectivity index (χ1) is 13.1. The van der Waals surface area contributed by atoms with E-state index in [2.05, 4.69) is 13.8 Å². The maximum Gasteiger partial charge on any atom is 2.00 e. The Hall–Kier alpha value is -0.384. The zero-order chi connectivity index (χ0) is 21.6. The van der Waals surface area contributed by atoms with E-state index in [1.165, 1.54) is 0 Å². The topological polar surface area (TPSA) is 129 Å². The fourth-order valence-electron chi connectivity index (χ4n) is 3.70. The standard InChI is InChI=1S/C20H38O7S.Mg.2H/c1-3-5-7-9-11-13-15-17(18(21)22)20(19(23)24,28(25,26)27)16-14-12-10-8-6-4-2;;;/h17H,3-16H2,1-2H3,(H,21,22)(H,23,24)(H,25,26,27);;;/q;+2;2*-1. The van der Waals surface area contributed by atoms with E-state index in [-0.39, 0.29) is 45.2 Å². The van der Waals surface area contributed by atoms with E-state index in [4.69, 9.17) is 0 Å². The zero-order valence-electron chi connectivity index (χ0n) is 20.1. The molecule has 2 unspecified atom stereocenters. The summed E-state index contributed by atoms with van der Waals surface area (Å²) >= 11 is 0. The van der Waals surface area contributed by atoms with Gasteiger partial charge < -0.3 is 13.1 Å². The van der Waals surface area contributed by atoms with Crippen molar-refractivity contribution in [3.05, 3.63) is 0 Å². The third-order valence-corrected chi connectivity index (χ3v) is 7.02. The molecule has 0 aliphatic heterocycles. The van der Waals surface area contributed by atoms with Crippen LogP contribution in [0.5, 0.6) is 0 Å². The maximum atomic E-state index is 12.1. The summed E-state index contributed by atoms with van der Waals surface area (Å²) in [5.74, 6) is -4.93. The van der Waals surface area contributed by atoms with Crippen molar-refractivity contribution < 1.29 is 35.6 Å². The first-order valence-electron chi connectivity index (χ1n) is 10.6. The number of carbonyl (C=O) groups is 2. The second kappa shape index (κ2) is 16.3. The van der Waals surface area contributed by atoms with Crippen LogP contribution in [0.25, 0.3) is 0 Å². The Bertz CT molecular complexity index is 576. The molecule has 0 aromatic carbocycles. The minimum absolute atomic E-state index is 0. The van der Waals surface area contributed by atoms with Gasteiger partial charge in [0.15, 0.2) is 0 Å². The summed E-state index contributed by atoms with van der Waals surface area (Å²) in [6.45, 7) is 4.14. The van der Waals surface area contributed by atoms with Gasteiger partial charge in [-0.15, -0.1) is 0 Å². The zero-order valence-corrected chi connectivity index (χ0v) is 20.3. The largest absolute Gasteiger partial charge is 2.00 e. The summed E-state index contributed by atoms with van der Waals surface area (Å²) in [4.78, 5) is 23.8. The Labute approximate surface area is 194 Å². The maximum absolute atomic E-state index is 12.1. The Morgan fingerprint density at radius 1 is 0.828 bits per heavy atom. The van der Waals surface area contributed by atoms with Gasteiger partial charge in [0.1, 0.15) is 0 Å². The molecule has 170 valence electrons. The molecule has 0 aromatic heterocycles. The quantitative estimate of drug-likeness (QED) is 0.157. The molecule has 0 heterocycles. The predicted octanol–water partition coefficient (Wildman–Crippen LogP) is 4.74. The number of unbranched alkanes of at least 4 members (excludes halogenated alkanes) is 10. The van der Waals surface area contributed by atoms with Crippen molar-refractivity contribution in [2.24, 2.45) is 5.92 Å². The molecule has 0 aliphatic carbocycles. The van der Waals surface area contributed by atoms with Gasteiger partial charge in [-0.25, -0.2) is 0 Å². The molecule has 3 N–H and O–H groups in total. The fourth-order valence-corrected chi connectivity index (χ4v) is 4.90. The number of carboxylic acids is 2. The molecule has 0 aromatic rings. The number of hydrogen-bond donors (Lipinski definition) is 3. The molecule has 0 bridgehead atoms. The van der Waals surface area contributed by atoms with Gasteiger partial charge in [-0.1, -0.05) is 90.9 Å². The first-order valence-corrected chi connectivity index (χ1v) is 12.0. The molecule has 0 spiro atoms. The van der Waals surface area contributed by atoms with Crippen LogP contribution in [0, 0.1) is 5.92 Å². The van der Waals surface area contributed by atoms with Gasteiger partial charge in [0.25, 0.3) is 10.1 Å². The van der Waals surface area contributed by atoms with E-state index in [9.17, 15) is 32.8 Å². The van der Waals surface area contributed by atoms with Crippen molar-refractivity contribution >= 4 is 45.1 Å². The van der Waals surface area contributed by atoms with Crippen LogP contribution in [0.15, 0.2) is 0 Å². The van der Waals surface area contributed by atoms with Crippen LogP contribution in [-0.4, -0.2) is 62.9 Å². The molecule has 0 fully saturated rings. The number of rotatable bonds is 18. The molecule has 0 saturated carbocycles. The molecule has 7 nitrogen and oxygen atoms in total. The number of aliphatic carboxylic acids is 2. The first kappa shape index (κ1) is 30.8. The SMILES string of the molecule is CCCCCCCCC(C(=O)O)C(CCCCCCCC)(C(=O)O)S(=O)(=O)O.[H-].[H-].[Mg+2]. The molecule has 0 amide bonds. The van der Waals surface area contributed by atoms with Gasteiger partial charge in [-0.05, 0) is 12.8 Å². The van der Waals surface area contributed by atoms with E-state index < -0.39 is 32.7 Å². The minimum Gasteiger partial charge on any atom is -1.00 e. The van der Waals surface area contributed by atoms with Crippen molar-refractivity contribution in [1.29, 1.82) is 0 Å². The monoisotopic (exact) mass is 448 g/mol. The average Bonchev–Trinajstić information content (AvgIpc) is 2.60. The molecule has 0 aliphatic rings. The third-order valence-electron chi connectivity index (χ3n) is 5.43. The summed E-state index contributed by atoms with van der Waals surface area (Å²) in [6.07, 6.45) is 9.43. The van der Waals surface area contributed by atoms with E-state index in [0.717, 1.165) is 51.4 Å². The molecule has 0 saturated heterocycles. The van der Waals surface area contributed by atoms with Gasteiger partial charge in [0, 0.05) is 0 Å². The molecular weight excluding hydrogens is 409 g/mol. The van der Waals surface area contributed by atoms with E-state index >= 15 is 0 Å². The van der Waals surface area contributed by atoms with Gasteiger partial charge in [-0.3, -0.25) is 14.1 Å². The molecule has 29 heavy (non-hydrogen) atoms. The Balaban J connectivity index is -0.00000121. The van der Waals surface area contributed by atoms with Crippen molar-refractivity contribution in [3.63, 3.8) is 0 Å². The summed E-state index contributed by atoms with van der Waals surface area (Å²) in [7, 11) is -5.10. The van der Waals surface area contributed by atoms with Crippen LogP contribution >= 0.6 is 0 Å². The van der Waals surface area contributed by atoms with Crippen LogP contribution < -0.4 is 0 Å². The second-order valence-electron chi connectivity index (χ2n) is 7.63. The second-order valence-corrected chi connectivity index (χ2v) is 9.31. The molecular formula is C20H40MgO7S. The normalized spacial score (nSPS) is 14.6. The summed E-state index contributed by atoms with van der Waals surface area (Å²) in [6, 6.07) is 0. The molecule has 0 radical (unpaired) electrons. The molecule has 2 atom stereocenters. The van der Waals surface area contributed by atoms with Crippen LogP contribution in [-0.2, 0) is 19.7 Å². The summed E-state index contributed by atoms with van der Waals surface area (Å²) in [5.41, 5.74) is 0. The van der Waals surface area contributed by atoms with Crippen LogP contribution in [0.2, 0.25) is 0 Å². The van der Waals surface area contributed by atoms with Crippen molar-refractivity contribution in [1.82, 2.24) is 0 Å². The van der Waals surface area contributed by atoms with Crippen LogP contribution in [0.3, 0.4) is 0 Å². The van der Waals surface area contributed by atoms with Gasteiger partial charge in [0.2, 0.25) is 4.75 Å². The predicted molar refractivity (Wildman–Crippen MR) is 117 cm³/mol. The smallest absolute Gasteiger partial charge is 1.00 e. The van der Waals surface area contributed by atoms with Crippen molar-refractivity contribution in [3.8, 4) is 0 Å². The third kappa shape index (κ3) is 10.5. The van der Waals surface area contributed by atoms with Crippen LogP contribution in [0.1, 0.15) is 107 Å². The van der Waals surface area contributed by atoms with Gasteiger partial charge >= 0.3 is 35.0 Å². The van der Waals surface area contributed by atoms with Crippen LogP contribution in [0.4, 0.5) is 0 Å². The van der Waals surface area contributed by atoms with E-state index in [1.807, 2.05) is 0 Å². The molecule has 9 heteroatoms. The van der Waals surface area contributed by atoms with Gasteiger partial charge in [-0.2, -0.15) is 8.42 Å². The Morgan fingerprint density at radius 3 is 1.62 bits per heavy atom. The summed E-state index contributed by atoms with van der Waals surface area (Å²) < 4.78 is 31.3. The Kier molecular flexibility index (Phi) is 17.3. The van der Waals surface area contributed by atoms with Gasteiger partial charge in [0.05, 0.1) is 5.92 Å². The number of hydrogen-bond acceptors (Lipinski definition) is 4. The average molecular weight is 449 g/mol. The van der Waals surface area contributed by atoms with E-state index in [1.54, 1.807) is 0 Å². The van der Waals surface area contributed by atoms with Crippen molar-refractivity contribution in [2.45, 2.75) is 108 Å². The summed E-state index contributed by atoms with van der Waals surface area (Å²) in [5, 5.41) is 19.3. The Morgan fingerprint density at radius 2 is 1.24 bits per heavy atom. The number of carboxylic acid groups (broad SMARTS) is 2. The molecule has 0 rings (SSSR count). The minimum atomic E-state index is -5.10. The van der Waals surface area contributed by atoms with Crippen molar-refractivity contribution in [2.75, 3.05) is 0 Å².